The zero-order valence-corrected chi connectivity index (χ0v) is 18.1. The first kappa shape index (κ1) is 21.8. The Bertz CT molecular complexity index is 661. The molecule has 1 heterocycles. The van der Waals surface area contributed by atoms with Gasteiger partial charge in [-0.3, -0.25) is 14.5 Å². The molecule has 3 rings (SSSR count). The molecule has 1 aromatic carbocycles. The van der Waals surface area contributed by atoms with Gasteiger partial charge in [0.15, 0.2) is 0 Å². The van der Waals surface area contributed by atoms with Gasteiger partial charge >= 0.3 is 0 Å². The number of hydrogen-bond acceptors (Lipinski definition) is 3. The first-order valence-electron chi connectivity index (χ1n) is 11.4. The molecule has 2 atom stereocenters. The minimum atomic E-state index is -0.497. The topological polar surface area (TPSA) is 61.4 Å². The molecule has 2 N–H and O–H groups in total. The molecule has 1 aliphatic heterocycles. The molecule has 5 nitrogen and oxygen atoms in total. The van der Waals surface area contributed by atoms with Gasteiger partial charge in [0.25, 0.3) is 0 Å². The van der Waals surface area contributed by atoms with Gasteiger partial charge in [-0.15, -0.1) is 0 Å². The number of amides is 2. The predicted molar refractivity (Wildman–Crippen MR) is 117 cm³/mol. The molecule has 2 amide bonds. The molecule has 2 fully saturated rings. The van der Waals surface area contributed by atoms with E-state index in [9.17, 15) is 9.59 Å². The molecule has 1 saturated carbocycles. The van der Waals surface area contributed by atoms with Gasteiger partial charge in [0, 0.05) is 13.0 Å². The van der Waals surface area contributed by atoms with Crippen molar-refractivity contribution in [2.75, 3.05) is 19.6 Å². The maximum absolute atomic E-state index is 12.6. The van der Waals surface area contributed by atoms with E-state index in [0.29, 0.717) is 18.9 Å². The Morgan fingerprint density at radius 3 is 2.34 bits per heavy atom. The molecule has 0 radical (unpaired) electrons. The van der Waals surface area contributed by atoms with Crippen LogP contribution >= 0.6 is 0 Å². The van der Waals surface area contributed by atoms with E-state index in [4.69, 9.17) is 0 Å². The maximum Gasteiger partial charge on any atom is 0.242 e. The fourth-order valence-electron chi connectivity index (χ4n) is 4.67. The van der Waals surface area contributed by atoms with Crippen molar-refractivity contribution in [3.8, 4) is 0 Å². The molecule has 1 aromatic rings. The molecule has 2 unspecified atom stereocenters. The number of nitrogens with one attached hydrogen (secondary N) is 2. The van der Waals surface area contributed by atoms with Crippen molar-refractivity contribution in [1.29, 1.82) is 0 Å². The predicted octanol–water partition coefficient (Wildman–Crippen LogP) is 3.72. The highest BCUT2D eigenvalue weighted by Crippen LogP contribution is 2.26. The number of benzene rings is 1. The third-order valence-electron chi connectivity index (χ3n) is 6.48. The van der Waals surface area contributed by atoms with Crippen LogP contribution in [0.1, 0.15) is 75.5 Å². The van der Waals surface area contributed by atoms with E-state index in [-0.39, 0.29) is 17.9 Å². The second-order valence-electron chi connectivity index (χ2n) is 8.91. The van der Waals surface area contributed by atoms with Crippen LogP contribution < -0.4 is 10.6 Å². The van der Waals surface area contributed by atoms with E-state index in [0.717, 1.165) is 25.9 Å². The number of hydrogen-bond donors (Lipinski definition) is 2. The first-order valence-corrected chi connectivity index (χ1v) is 11.4. The van der Waals surface area contributed by atoms with Crippen molar-refractivity contribution >= 4 is 11.8 Å². The van der Waals surface area contributed by atoms with Gasteiger partial charge in [0.05, 0.1) is 6.04 Å². The molecule has 1 aliphatic carbocycles. The standard InChI is InChI=1S/C24H37N3O2/c1-18-10-12-21(13-11-18)22(27-14-6-7-15-27)17-25-24(29)19(2)26-23(28)16-20-8-4-3-5-9-20/h10-13,19-20,22H,3-9,14-17H2,1-2H3,(H,25,29)(H,26,28). The summed E-state index contributed by atoms with van der Waals surface area (Å²) < 4.78 is 0. The largest absolute Gasteiger partial charge is 0.352 e. The summed E-state index contributed by atoms with van der Waals surface area (Å²) >= 11 is 0. The van der Waals surface area contributed by atoms with Crippen LogP contribution in [0.2, 0.25) is 0 Å². The third kappa shape index (κ3) is 6.56. The van der Waals surface area contributed by atoms with Gasteiger partial charge < -0.3 is 10.6 Å². The number of likely N-dealkylation sites (tertiary alicyclic amines) is 1. The van der Waals surface area contributed by atoms with Crippen molar-refractivity contribution in [2.45, 2.75) is 77.3 Å². The smallest absolute Gasteiger partial charge is 0.242 e. The SMILES string of the molecule is Cc1ccc(C(CNC(=O)C(C)NC(=O)CC2CCCCC2)N2CCCC2)cc1. The summed E-state index contributed by atoms with van der Waals surface area (Å²) in [6.45, 7) is 6.59. The van der Waals surface area contributed by atoms with Gasteiger partial charge in [-0.2, -0.15) is 0 Å². The van der Waals surface area contributed by atoms with E-state index < -0.39 is 6.04 Å². The van der Waals surface area contributed by atoms with Gasteiger partial charge in [-0.05, 0) is 64.1 Å². The van der Waals surface area contributed by atoms with Crippen molar-refractivity contribution in [1.82, 2.24) is 15.5 Å². The quantitative estimate of drug-likeness (QED) is 0.700. The summed E-state index contributed by atoms with van der Waals surface area (Å²) in [6, 6.07) is 8.29. The Balaban J connectivity index is 1.50. The van der Waals surface area contributed by atoms with Crippen molar-refractivity contribution in [2.24, 2.45) is 5.92 Å². The highest BCUT2D eigenvalue weighted by atomic mass is 16.2. The minimum absolute atomic E-state index is 0.00850. The number of carbonyl (C=O) groups is 2. The van der Waals surface area contributed by atoms with Crippen LogP contribution in [0.4, 0.5) is 0 Å². The van der Waals surface area contributed by atoms with Crippen molar-refractivity contribution < 1.29 is 9.59 Å². The Kier molecular flexibility index (Phi) is 8.10. The van der Waals surface area contributed by atoms with Gasteiger partial charge in [-0.1, -0.05) is 49.1 Å². The summed E-state index contributed by atoms with van der Waals surface area (Å²) in [5, 5.41) is 5.99. The second-order valence-corrected chi connectivity index (χ2v) is 8.91. The van der Waals surface area contributed by atoms with Crippen molar-refractivity contribution in [3.05, 3.63) is 35.4 Å². The van der Waals surface area contributed by atoms with E-state index in [1.165, 1.54) is 43.2 Å². The van der Waals surface area contributed by atoms with E-state index in [1.54, 1.807) is 6.92 Å². The highest BCUT2D eigenvalue weighted by molar-refractivity contribution is 5.87. The highest BCUT2D eigenvalue weighted by Gasteiger charge is 2.25. The summed E-state index contributed by atoms with van der Waals surface area (Å²) in [5.74, 6) is 0.396. The molecule has 29 heavy (non-hydrogen) atoms. The van der Waals surface area contributed by atoms with Crippen LogP contribution in [-0.4, -0.2) is 42.4 Å². The Hall–Kier alpha value is -1.88. The average molecular weight is 400 g/mol. The van der Waals surface area contributed by atoms with Crippen LogP contribution in [0.5, 0.6) is 0 Å². The Morgan fingerprint density at radius 2 is 1.69 bits per heavy atom. The van der Waals surface area contributed by atoms with Crippen LogP contribution in [-0.2, 0) is 9.59 Å². The minimum Gasteiger partial charge on any atom is -0.352 e. The zero-order valence-electron chi connectivity index (χ0n) is 18.1. The number of nitrogens with zero attached hydrogens (tertiary/aromatic N) is 1. The first-order chi connectivity index (χ1) is 14.0. The van der Waals surface area contributed by atoms with Crippen molar-refractivity contribution in [3.63, 3.8) is 0 Å². The molecule has 5 heteroatoms. The zero-order chi connectivity index (χ0) is 20.6. The molecular weight excluding hydrogens is 362 g/mol. The number of rotatable bonds is 8. The van der Waals surface area contributed by atoms with Gasteiger partial charge in [0.1, 0.15) is 6.04 Å². The fraction of sp³-hybridized carbons (Fsp3) is 0.667. The monoisotopic (exact) mass is 399 g/mol. The van der Waals surface area contributed by atoms with Crippen LogP contribution in [0.3, 0.4) is 0 Å². The normalized spacial score (nSPS) is 20.2. The van der Waals surface area contributed by atoms with E-state index in [1.807, 2.05) is 0 Å². The van der Waals surface area contributed by atoms with E-state index >= 15 is 0 Å². The van der Waals surface area contributed by atoms with Crippen LogP contribution in [0.25, 0.3) is 0 Å². The molecule has 0 aromatic heterocycles. The molecule has 2 aliphatic rings. The fourth-order valence-corrected chi connectivity index (χ4v) is 4.67. The summed E-state index contributed by atoms with van der Waals surface area (Å²) in [6.07, 6.45) is 9.00. The average Bonchev–Trinajstić information content (AvgIpc) is 3.24. The maximum atomic E-state index is 12.6. The summed E-state index contributed by atoms with van der Waals surface area (Å²) in [4.78, 5) is 27.4. The number of carbonyl (C=O) groups excluding carboxylic acids is 2. The Labute approximate surface area is 175 Å². The van der Waals surface area contributed by atoms with Crippen LogP contribution in [0.15, 0.2) is 24.3 Å². The van der Waals surface area contributed by atoms with E-state index in [2.05, 4.69) is 46.7 Å². The molecule has 1 saturated heterocycles. The lowest BCUT2D eigenvalue weighted by molar-refractivity contribution is -0.129. The van der Waals surface area contributed by atoms with Crippen LogP contribution in [0, 0.1) is 12.8 Å². The summed E-state index contributed by atoms with van der Waals surface area (Å²) in [5.41, 5.74) is 2.49. The third-order valence-corrected chi connectivity index (χ3v) is 6.48. The number of aryl methyl sites for hydroxylation is 1. The summed E-state index contributed by atoms with van der Waals surface area (Å²) in [7, 11) is 0. The molecule has 0 spiro atoms. The molecule has 160 valence electrons. The van der Waals surface area contributed by atoms with Gasteiger partial charge in [-0.25, -0.2) is 0 Å². The molecule has 0 bridgehead atoms. The lowest BCUT2D eigenvalue weighted by Gasteiger charge is -2.29. The van der Waals surface area contributed by atoms with Gasteiger partial charge in [0.2, 0.25) is 11.8 Å². The second kappa shape index (κ2) is 10.8. The lowest BCUT2D eigenvalue weighted by atomic mass is 9.87. The lowest BCUT2D eigenvalue weighted by Crippen LogP contribution is -2.47. The molecular formula is C24H37N3O2. The Morgan fingerprint density at radius 1 is 1.03 bits per heavy atom.